The van der Waals surface area contributed by atoms with Crippen molar-refractivity contribution in [2.45, 2.75) is 11.8 Å². The maximum atomic E-state index is 13.1. The van der Waals surface area contributed by atoms with Gasteiger partial charge in [0, 0.05) is 5.39 Å². The van der Waals surface area contributed by atoms with Crippen molar-refractivity contribution in [1.29, 1.82) is 0 Å². The van der Waals surface area contributed by atoms with E-state index in [1.54, 1.807) is 19.1 Å². The number of halogens is 1. The molecule has 3 rings (SSSR count). The molecule has 1 N–H and O–H groups in total. The molecule has 0 saturated heterocycles. The summed E-state index contributed by atoms with van der Waals surface area (Å²) in [5.41, 5.74) is 1.10. The molecule has 0 atom stereocenters. The second kappa shape index (κ2) is 6.01. The Morgan fingerprint density at radius 1 is 1.00 bits per heavy atom. The van der Waals surface area contributed by atoms with Gasteiger partial charge in [-0.25, -0.2) is 0 Å². The van der Waals surface area contributed by atoms with Crippen LogP contribution in [0.25, 0.3) is 10.8 Å². The zero-order valence-corrected chi connectivity index (χ0v) is 13.5. The van der Waals surface area contributed by atoms with E-state index in [4.69, 9.17) is 0 Å². The lowest BCUT2D eigenvalue weighted by molar-refractivity contribution is 0.477. The smallest absolute Gasteiger partial charge is 0.332 e. The highest BCUT2D eigenvalue weighted by Gasteiger charge is 2.13. The average molecular weight is 344 g/mol. The quantitative estimate of drug-likeness (QED) is 0.540. The molecule has 0 aliphatic heterocycles. The molecule has 0 aromatic heterocycles. The third-order valence-corrected chi connectivity index (χ3v) is 4.42. The number of fused-ring (bicyclic) bond motifs is 1. The molecule has 7 heteroatoms. The van der Waals surface area contributed by atoms with Crippen molar-refractivity contribution >= 4 is 32.4 Å². The minimum Gasteiger partial charge on any atom is -0.506 e. The molecule has 0 aliphatic carbocycles. The van der Waals surface area contributed by atoms with Gasteiger partial charge in [-0.2, -0.15) is 13.5 Å². The lowest BCUT2D eigenvalue weighted by Gasteiger charge is -2.05. The molecule has 3 aromatic carbocycles. The number of aryl methyl sites for hydroxylation is 1. The van der Waals surface area contributed by atoms with Gasteiger partial charge in [-0.05, 0) is 36.1 Å². The van der Waals surface area contributed by atoms with Crippen molar-refractivity contribution < 1.29 is 17.4 Å². The maximum Gasteiger partial charge on any atom is 0.332 e. The molecule has 122 valence electrons. The number of nitrogens with zero attached hydrogens (tertiary/aromatic N) is 2. The maximum absolute atomic E-state index is 13.1. The Morgan fingerprint density at radius 2 is 1.75 bits per heavy atom. The Kier molecular flexibility index (Phi) is 4.02. The number of phenolic OH excluding ortho intramolecular Hbond substituents is 1. The van der Waals surface area contributed by atoms with Gasteiger partial charge < -0.3 is 5.11 Å². The molecular formula is C17H13FN2O3S. The predicted octanol–water partition coefficient (Wildman–Crippen LogP) is 4.93. The number of hydrogen-bond acceptors (Lipinski definition) is 5. The van der Waals surface area contributed by atoms with Crippen LogP contribution in [0.3, 0.4) is 0 Å². The number of phenols is 1. The van der Waals surface area contributed by atoms with Crippen molar-refractivity contribution in [3.8, 4) is 5.75 Å². The van der Waals surface area contributed by atoms with E-state index >= 15 is 0 Å². The molecular weight excluding hydrogens is 331 g/mol. The van der Waals surface area contributed by atoms with E-state index in [-0.39, 0.29) is 17.1 Å². The largest absolute Gasteiger partial charge is 0.506 e. The van der Waals surface area contributed by atoms with Crippen LogP contribution in [0.4, 0.5) is 15.3 Å². The molecule has 0 unspecified atom stereocenters. The van der Waals surface area contributed by atoms with Crippen LogP contribution < -0.4 is 0 Å². The molecule has 0 radical (unpaired) electrons. The Balaban J connectivity index is 2.11. The van der Waals surface area contributed by atoms with Crippen LogP contribution in [-0.4, -0.2) is 13.5 Å². The van der Waals surface area contributed by atoms with Crippen molar-refractivity contribution in [2.75, 3.05) is 0 Å². The fourth-order valence-corrected chi connectivity index (χ4v) is 2.78. The van der Waals surface area contributed by atoms with E-state index in [2.05, 4.69) is 10.2 Å². The van der Waals surface area contributed by atoms with Crippen LogP contribution in [0.5, 0.6) is 5.75 Å². The SMILES string of the molecule is Cc1ccc(S(=O)(=O)F)cc1N=Nc1c(O)ccc2ccccc12. The van der Waals surface area contributed by atoms with Gasteiger partial charge in [0.2, 0.25) is 0 Å². The standard InChI is InChI=1S/C17H13FN2O3S/c1-11-6-8-13(24(18,22)23)10-15(11)19-20-17-14-5-3-2-4-12(14)7-9-16(17)21/h2-10,21H,1H3. The zero-order chi connectivity index (χ0) is 17.3. The van der Waals surface area contributed by atoms with Gasteiger partial charge in [0.15, 0.2) is 0 Å². The summed E-state index contributed by atoms with van der Waals surface area (Å²) in [6.45, 7) is 1.70. The molecule has 0 bridgehead atoms. The number of hydrogen-bond donors (Lipinski definition) is 1. The molecule has 24 heavy (non-hydrogen) atoms. The van der Waals surface area contributed by atoms with Gasteiger partial charge in [-0.15, -0.1) is 9.00 Å². The van der Waals surface area contributed by atoms with Gasteiger partial charge in [0.1, 0.15) is 16.3 Å². The molecule has 0 aliphatic rings. The van der Waals surface area contributed by atoms with Crippen LogP contribution in [0.15, 0.2) is 69.7 Å². The molecule has 0 saturated carbocycles. The lowest BCUT2D eigenvalue weighted by Crippen LogP contribution is -1.91. The van der Waals surface area contributed by atoms with Crippen molar-refractivity contribution in [2.24, 2.45) is 10.2 Å². The summed E-state index contributed by atoms with van der Waals surface area (Å²) in [7, 11) is -4.82. The van der Waals surface area contributed by atoms with E-state index < -0.39 is 15.1 Å². The van der Waals surface area contributed by atoms with E-state index in [1.165, 1.54) is 18.2 Å². The molecule has 0 heterocycles. The Bertz CT molecular complexity index is 1060. The first-order chi connectivity index (χ1) is 11.4. The second-order valence-electron chi connectivity index (χ2n) is 5.24. The number of azo groups is 1. The van der Waals surface area contributed by atoms with Crippen LogP contribution in [0.2, 0.25) is 0 Å². The Hall–Kier alpha value is -2.80. The van der Waals surface area contributed by atoms with Crippen LogP contribution in [0.1, 0.15) is 5.56 Å². The number of benzene rings is 3. The monoisotopic (exact) mass is 344 g/mol. The minimum atomic E-state index is -4.82. The van der Waals surface area contributed by atoms with Crippen LogP contribution in [-0.2, 0) is 10.2 Å². The lowest BCUT2D eigenvalue weighted by atomic mass is 10.1. The molecule has 0 fully saturated rings. The summed E-state index contributed by atoms with van der Waals surface area (Å²) in [6, 6.07) is 14.3. The summed E-state index contributed by atoms with van der Waals surface area (Å²) in [6.07, 6.45) is 0. The van der Waals surface area contributed by atoms with Gasteiger partial charge in [-0.3, -0.25) is 0 Å². The summed E-state index contributed by atoms with van der Waals surface area (Å²) in [4.78, 5) is -0.482. The minimum absolute atomic E-state index is 0.0515. The number of rotatable bonds is 3. The van der Waals surface area contributed by atoms with Gasteiger partial charge in [-0.1, -0.05) is 36.4 Å². The van der Waals surface area contributed by atoms with E-state index in [0.717, 1.165) is 11.5 Å². The third kappa shape index (κ3) is 3.11. The van der Waals surface area contributed by atoms with Crippen molar-refractivity contribution in [1.82, 2.24) is 0 Å². The zero-order valence-electron chi connectivity index (χ0n) is 12.6. The van der Waals surface area contributed by atoms with Crippen molar-refractivity contribution in [3.05, 3.63) is 60.2 Å². The first-order valence-corrected chi connectivity index (χ1v) is 8.42. The topological polar surface area (TPSA) is 79.1 Å². The second-order valence-corrected chi connectivity index (χ2v) is 6.59. The molecule has 0 amide bonds. The molecule has 3 aromatic rings. The number of aromatic hydroxyl groups is 1. The summed E-state index contributed by atoms with van der Waals surface area (Å²) in [5.74, 6) is -0.0515. The third-order valence-electron chi connectivity index (χ3n) is 3.60. The molecule has 0 spiro atoms. The van der Waals surface area contributed by atoms with Crippen LogP contribution >= 0.6 is 0 Å². The van der Waals surface area contributed by atoms with Crippen molar-refractivity contribution in [3.63, 3.8) is 0 Å². The van der Waals surface area contributed by atoms with E-state index in [0.29, 0.717) is 10.9 Å². The fraction of sp³-hybridized carbons (Fsp3) is 0.0588. The van der Waals surface area contributed by atoms with E-state index in [1.807, 2.05) is 18.2 Å². The predicted molar refractivity (Wildman–Crippen MR) is 89.3 cm³/mol. The molecule has 5 nitrogen and oxygen atoms in total. The van der Waals surface area contributed by atoms with Gasteiger partial charge >= 0.3 is 10.2 Å². The Morgan fingerprint density at radius 3 is 2.50 bits per heavy atom. The summed E-state index contributed by atoms with van der Waals surface area (Å²) in [5, 5.41) is 19.6. The Labute approximate surface area is 138 Å². The first kappa shape index (κ1) is 16.1. The highest BCUT2D eigenvalue weighted by molar-refractivity contribution is 7.86. The highest BCUT2D eigenvalue weighted by Crippen LogP contribution is 2.36. The van der Waals surface area contributed by atoms with Gasteiger partial charge in [0.05, 0.1) is 5.69 Å². The van der Waals surface area contributed by atoms with E-state index in [9.17, 15) is 17.4 Å². The normalized spacial score (nSPS) is 12.1. The van der Waals surface area contributed by atoms with Gasteiger partial charge in [0.25, 0.3) is 0 Å². The average Bonchev–Trinajstić information content (AvgIpc) is 2.54. The fourth-order valence-electron chi connectivity index (χ4n) is 2.30. The first-order valence-electron chi connectivity index (χ1n) is 7.04. The summed E-state index contributed by atoms with van der Waals surface area (Å²) >= 11 is 0. The summed E-state index contributed by atoms with van der Waals surface area (Å²) < 4.78 is 35.2. The van der Waals surface area contributed by atoms with Crippen LogP contribution in [0, 0.1) is 6.92 Å². The highest BCUT2D eigenvalue weighted by atomic mass is 32.3.